The zero-order valence-corrected chi connectivity index (χ0v) is 15.6. The van der Waals surface area contributed by atoms with Crippen molar-refractivity contribution in [2.75, 3.05) is 19.7 Å². The van der Waals surface area contributed by atoms with Crippen LogP contribution in [0.5, 0.6) is 5.75 Å². The first kappa shape index (κ1) is 19.7. The Morgan fingerprint density at radius 3 is 2.79 bits per heavy atom. The van der Waals surface area contributed by atoms with Gasteiger partial charge in [0, 0.05) is 26.7 Å². The van der Waals surface area contributed by atoms with E-state index in [0.717, 1.165) is 28.7 Å². The molecule has 0 amide bonds. The minimum Gasteiger partial charge on any atom is -0.403 e. The number of morpholine rings is 1. The van der Waals surface area contributed by atoms with Crippen molar-refractivity contribution in [2.45, 2.75) is 19.0 Å². The SMILES string of the molecule is Cn1cnc2ccc([C@@H]3CN(Cc4ccc(OC(F)(F)F)c(F)c4)CCO3)cc21. The van der Waals surface area contributed by atoms with Crippen LogP contribution in [0, 0.1) is 5.82 Å². The van der Waals surface area contributed by atoms with E-state index >= 15 is 0 Å². The standard InChI is InChI=1S/C20H19F4N3O2/c1-26-12-25-16-4-3-14(9-17(16)26)19-11-27(6-7-28-19)10-13-2-5-18(15(21)8-13)29-20(22,23)24/h2-5,8-9,12,19H,6-7,10-11H2,1H3/t19-/m0/s1. The van der Waals surface area contributed by atoms with Crippen LogP contribution in [0.4, 0.5) is 17.6 Å². The van der Waals surface area contributed by atoms with Gasteiger partial charge in [0.2, 0.25) is 0 Å². The molecule has 2 heterocycles. The molecule has 5 nitrogen and oxygen atoms in total. The van der Waals surface area contributed by atoms with E-state index in [9.17, 15) is 17.6 Å². The summed E-state index contributed by atoms with van der Waals surface area (Å²) in [4.78, 5) is 6.39. The van der Waals surface area contributed by atoms with Gasteiger partial charge in [0.1, 0.15) is 0 Å². The summed E-state index contributed by atoms with van der Waals surface area (Å²) in [6, 6.07) is 9.49. The Hall–Kier alpha value is -2.65. The fraction of sp³-hybridized carbons (Fsp3) is 0.350. The van der Waals surface area contributed by atoms with Crippen molar-refractivity contribution in [1.82, 2.24) is 14.5 Å². The second-order valence-electron chi connectivity index (χ2n) is 7.01. The fourth-order valence-electron chi connectivity index (χ4n) is 3.50. The molecule has 0 spiro atoms. The predicted octanol–water partition coefficient (Wildman–Crippen LogP) is 4.18. The van der Waals surface area contributed by atoms with Crippen molar-refractivity contribution in [3.63, 3.8) is 0 Å². The topological polar surface area (TPSA) is 39.5 Å². The molecule has 0 N–H and O–H groups in total. The molecule has 4 rings (SSSR count). The summed E-state index contributed by atoms with van der Waals surface area (Å²) in [5.74, 6) is -1.86. The molecule has 3 aromatic rings. The number of aromatic nitrogens is 2. The number of fused-ring (bicyclic) bond motifs is 1. The van der Waals surface area contributed by atoms with Gasteiger partial charge in [0.05, 0.1) is 30.1 Å². The third-order valence-corrected chi connectivity index (χ3v) is 4.90. The number of hydrogen-bond acceptors (Lipinski definition) is 4. The molecular weight excluding hydrogens is 390 g/mol. The van der Waals surface area contributed by atoms with Gasteiger partial charge in [0.15, 0.2) is 11.6 Å². The molecule has 29 heavy (non-hydrogen) atoms. The van der Waals surface area contributed by atoms with Crippen molar-refractivity contribution < 1.29 is 27.0 Å². The van der Waals surface area contributed by atoms with Gasteiger partial charge >= 0.3 is 6.36 Å². The van der Waals surface area contributed by atoms with E-state index in [1.165, 1.54) is 6.07 Å². The minimum absolute atomic E-state index is 0.152. The zero-order valence-electron chi connectivity index (χ0n) is 15.6. The van der Waals surface area contributed by atoms with E-state index in [1.54, 1.807) is 6.33 Å². The molecule has 2 aromatic carbocycles. The Bertz CT molecular complexity index is 1020. The second kappa shape index (κ2) is 7.64. The average molecular weight is 409 g/mol. The molecule has 1 aromatic heterocycles. The van der Waals surface area contributed by atoms with Crippen molar-refractivity contribution >= 4 is 11.0 Å². The van der Waals surface area contributed by atoms with Crippen LogP contribution in [0.3, 0.4) is 0 Å². The summed E-state index contributed by atoms with van der Waals surface area (Å²) in [6.07, 6.45) is -3.32. The Morgan fingerprint density at radius 2 is 2.03 bits per heavy atom. The molecular formula is C20H19F4N3O2. The lowest BCUT2D eigenvalue weighted by Crippen LogP contribution is -2.37. The van der Waals surface area contributed by atoms with E-state index in [4.69, 9.17) is 4.74 Å². The first-order valence-corrected chi connectivity index (χ1v) is 9.07. The van der Waals surface area contributed by atoms with Gasteiger partial charge in [-0.25, -0.2) is 9.37 Å². The highest BCUT2D eigenvalue weighted by Crippen LogP contribution is 2.28. The number of halogens is 4. The number of aryl methyl sites for hydroxylation is 1. The van der Waals surface area contributed by atoms with Crippen LogP contribution in [-0.2, 0) is 18.3 Å². The van der Waals surface area contributed by atoms with E-state index < -0.39 is 17.9 Å². The summed E-state index contributed by atoms with van der Waals surface area (Å²) in [7, 11) is 1.92. The maximum Gasteiger partial charge on any atom is 0.573 e. The highest BCUT2D eigenvalue weighted by Gasteiger charge is 2.32. The molecule has 154 valence electrons. The molecule has 0 bridgehead atoms. The van der Waals surface area contributed by atoms with Crippen LogP contribution in [0.25, 0.3) is 11.0 Å². The van der Waals surface area contributed by atoms with Gasteiger partial charge in [-0.1, -0.05) is 12.1 Å². The third-order valence-electron chi connectivity index (χ3n) is 4.90. The highest BCUT2D eigenvalue weighted by atomic mass is 19.4. The lowest BCUT2D eigenvalue weighted by atomic mass is 10.1. The third kappa shape index (κ3) is 4.51. The van der Waals surface area contributed by atoms with E-state index in [2.05, 4.69) is 14.6 Å². The maximum atomic E-state index is 14.0. The van der Waals surface area contributed by atoms with Gasteiger partial charge in [-0.2, -0.15) is 0 Å². The van der Waals surface area contributed by atoms with Crippen LogP contribution in [0.2, 0.25) is 0 Å². The number of ether oxygens (including phenoxy) is 2. The molecule has 1 fully saturated rings. The van der Waals surface area contributed by atoms with Gasteiger partial charge in [-0.3, -0.25) is 4.90 Å². The maximum absolute atomic E-state index is 14.0. The molecule has 0 aliphatic carbocycles. The van der Waals surface area contributed by atoms with Crippen LogP contribution >= 0.6 is 0 Å². The first-order chi connectivity index (χ1) is 13.8. The Kier molecular flexibility index (Phi) is 5.18. The van der Waals surface area contributed by atoms with Crippen molar-refractivity contribution in [1.29, 1.82) is 0 Å². The lowest BCUT2D eigenvalue weighted by Gasteiger charge is -2.33. The highest BCUT2D eigenvalue weighted by molar-refractivity contribution is 5.76. The van der Waals surface area contributed by atoms with Crippen LogP contribution in [0.15, 0.2) is 42.7 Å². The van der Waals surface area contributed by atoms with Crippen LogP contribution in [0.1, 0.15) is 17.2 Å². The summed E-state index contributed by atoms with van der Waals surface area (Å²) >= 11 is 0. The molecule has 0 unspecified atom stereocenters. The van der Waals surface area contributed by atoms with Gasteiger partial charge in [0.25, 0.3) is 0 Å². The smallest absolute Gasteiger partial charge is 0.403 e. The van der Waals surface area contributed by atoms with Gasteiger partial charge in [-0.05, 0) is 35.4 Å². The minimum atomic E-state index is -4.92. The number of hydrogen-bond donors (Lipinski definition) is 0. The Balaban J connectivity index is 1.45. The summed E-state index contributed by atoms with van der Waals surface area (Å²) in [6.45, 7) is 2.14. The number of benzene rings is 2. The lowest BCUT2D eigenvalue weighted by molar-refractivity contribution is -0.275. The fourth-order valence-corrected chi connectivity index (χ4v) is 3.50. The predicted molar refractivity (Wildman–Crippen MR) is 97.8 cm³/mol. The molecule has 1 saturated heterocycles. The number of rotatable bonds is 4. The number of alkyl halides is 3. The van der Waals surface area contributed by atoms with Gasteiger partial charge < -0.3 is 14.0 Å². The Labute approximate surface area is 164 Å². The molecule has 1 aliphatic heterocycles. The monoisotopic (exact) mass is 409 g/mol. The largest absolute Gasteiger partial charge is 0.573 e. The van der Waals surface area contributed by atoms with E-state index in [-0.39, 0.29) is 6.10 Å². The van der Waals surface area contributed by atoms with E-state index in [0.29, 0.717) is 31.8 Å². The van der Waals surface area contributed by atoms with Crippen molar-refractivity contribution in [3.05, 3.63) is 59.7 Å². The summed E-state index contributed by atoms with van der Waals surface area (Å²) in [5.41, 5.74) is 3.50. The molecule has 1 atom stereocenters. The molecule has 0 saturated carbocycles. The summed E-state index contributed by atoms with van der Waals surface area (Å²) in [5, 5.41) is 0. The average Bonchev–Trinajstić information content (AvgIpc) is 3.04. The molecule has 9 heteroatoms. The quantitative estimate of drug-likeness (QED) is 0.606. The van der Waals surface area contributed by atoms with Crippen molar-refractivity contribution in [2.24, 2.45) is 7.05 Å². The van der Waals surface area contributed by atoms with Crippen LogP contribution < -0.4 is 4.74 Å². The number of imidazole rings is 1. The molecule has 1 aliphatic rings. The second-order valence-corrected chi connectivity index (χ2v) is 7.01. The molecule has 0 radical (unpaired) electrons. The van der Waals surface area contributed by atoms with Gasteiger partial charge in [-0.15, -0.1) is 13.2 Å². The number of nitrogens with zero attached hydrogens (tertiary/aromatic N) is 3. The van der Waals surface area contributed by atoms with Crippen molar-refractivity contribution in [3.8, 4) is 5.75 Å². The normalized spacial score (nSPS) is 18.3. The van der Waals surface area contributed by atoms with E-state index in [1.807, 2.05) is 29.8 Å². The first-order valence-electron chi connectivity index (χ1n) is 9.07. The Morgan fingerprint density at radius 1 is 1.21 bits per heavy atom. The summed E-state index contributed by atoms with van der Waals surface area (Å²) < 4.78 is 62.3. The van der Waals surface area contributed by atoms with Crippen LogP contribution in [-0.4, -0.2) is 40.5 Å². The zero-order chi connectivity index (χ0) is 20.6.